The summed E-state index contributed by atoms with van der Waals surface area (Å²) in [5.41, 5.74) is 1.86. The zero-order valence-corrected chi connectivity index (χ0v) is 38.8. The van der Waals surface area contributed by atoms with E-state index < -0.39 is 60.0 Å². The lowest BCUT2D eigenvalue weighted by molar-refractivity contribution is -0.582. The minimum atomic E-state index is -2.62. The lowest BCUT2D eigenvalue weighted by Gasteiger charge is -2.40. The summed E-state index contributed by atoms with van der Waals surface area (Å²) in [4.78, 5) is 43.6. The first-order valence-corrected chi connectivity index (χ1v) is 25.5. The van der Waals surface area contributed by atoms with E-state index in [9.17, 15) is 19.5 Å². The van der Waals surface area contributed by atoms with Gasteiger partial charge in [-0.1, -0.05) is 66.8 Å². The number of allylic oxidation sites excluding steroid dienone is 5. The number of hydrogen-bond acceptors (Lipinski definition) is 7. The Morgan fingerprint density at radius 1 is 0.896 bits per heavy atom. The van der Waals surface area contributed by atoms with Crippen LogP contribution in [-0.2, 0) is 16.1 Å². The summed E-state index contributed by atoms with van der Waals surface area (Å²) < 4.78 is 61.0. The molecular formula is C51H49F3N7O5Si+. The maximum Gasteiger partial charge on any atom is 0.407 e. The highest BCUT2D eigenvalue weighted by atomic mass is 28.3. The number of aromatic nitrogens is 3. The molecule has 16 heteroatoms. The van der Waals surface area contributed by atoms with Crippen LogP contribution in [0.1, 0.15) is 67.1 Å². The molecule has 0 spiro atoms. The average Bonchev–Trinajstić information content (AvgIpc) is 3.66. The third kappa shape index (κ3) is 7.37. The van der Waals surface area contributed by atoms with Gasteiger partial charge in [-0.15, -0.1) is 5.10 Å². The topological polar surface area (TPSA) is 133 Å². The molecular weight excluding hydrogens is 876 g/mol. The molecule has 5 aliphatic rings. The normalized spacial score (nSPS) is 16.9. The Morgan fingerprint density at radius 2 is 1.63 bits per heavy atom. The molecule has 0 radical (unpaired) electrons. The van der Waals surface area contributed by atoms with E-state index in [0.29, 0.717) is 33.5 Å². The predicted octanol–water partition coefficient (Wildman–Crippen LogP) is 8.31. The highest BCUT2D eigenvalue weighted by Gasteiger charge is 2.44. The molecule has 2 saturated heterocycles. The predicted molar refractivity (Wildman–Crippen MR) is 252 cm³/mol. The number of carbonyl (C=O) groups excluding carboxylic acids is 2. The first kappa shape index (κ1) is 43.8. The van der Waals surface area contributed by atoms with Crippen LogP contribution in [0.25, 0.3) is 33.8 Å². The number of hydrogen-bond donors (Lipinski definition) is 2. The van der Waals surface area contributed by atoms with Gasteiger partial charge in [0.1, 0.15) is 49.4 Å². The van der Waals surface area contributed by atoms with Crippen LogP contribution in [0.5, 0.6) is 0 Å². The van der Waals surface area contributed by atoms with E-state index in [4.69, 9.17) is 4.74 Å². The molecule has 342 valence electrons. The summed E-state index contributed by atoms with van der Waals surface area (Å²) in [7, 11) is -2.62. The quantitative estimate of drug-likeness (QED) is 0.0947. The molecule has 5 heterocycles. The fourth-order valence-corrected chi connectivity index (χ4v) is 12.8. The van der Waals surface area contributed by atoms with Crippen molar-refractivity contribution in [3.8, 4) is 28.2 Å². The maximum absolute atomic E-state index is 18.4. The highest BCUT2D eigenvalue weighted by molar-refractivity contribution is 6.98. The van der Waals surface area contributed by atoms with Gasteiger partial charge in [-0.25, -0.2) is 32.0 Å². The van der Waals surface area contributed by atoms with E-state index in [0.717, 1.165) is 65.5 Å². The summed E-state index contributed by atoms with van der Waals surface area (Å²) >= 11 is 0. The number of aromatic carboxylic acids is 1. The third-order valence-electron chi connectivity index (χ3n) is 13.3. The van der Waals surface area contributed by atoms with Gasteiger partial charge in [-0.05, 0) is 84.1 Å². The van der Waals surface area contributed by atoms with E-state index in [1.807, 2.05) is 24.3 Å². The van der Waals surface area contributed by atoms with Crippen molar-refractivity contribution in [2.75, 3.05) is 42.5 Å². The second kappa shape index (κ2) is 16.4. The molecule has 67 heavy (non-hydrogen) atoms. The van der Waals surface area contributed by atoms with Gasteiger partial charge in [0.25, 0.3) is 0 Å². The van der Waals surface area contributed by atoms with Gasteiger partial charge in [0.05, 0.1) is 18.7 Å². The van der Waals surface area contributed by atoms with Gasteiger partial charge in [-0.3, -0.25) is 4.79 Å². The van der Waals surface area contributed by atoms with Gasteiger partial charge in [0.15, 0.2) is 23.2 Å². The Morgan fingerprint density at radius 3 is 2.31 bits per heavy atom. The number of carboxylic acid groups (broad SMARTS) is 1. The number of nitrogens with zero attached hydrogens (tertiary/aromatic N) is 6. The van der Waals surface area contributed by atoms with E-state index in [-0.39, 0.29) is 42.4 Å². The molecule has 0 bridgehead atoms. The molecule has 1 aromatic heterocycles. The van der Waals surface area contributed by atoms with Gasteiger partial charge in [0.2, 0.25) is 5.91 Å². The molecule has 0 unspecified atom stereocenters. The number of benzene rings is 4. The minimum Gasteiger partial charge on any atom is -0.478 e. The summed E-state index contributed by atoms with van der Waals surface area (Å²) in [6, 6.07) is 19.7. The molecule has 4 aromatic carbocycles. The Hall–Kier alpha value is -7.07. The van der Waals surface area contributed by atoms with Crippen LogP contribution in [-0.4, -0.2) is 94.8 Å². The number of anilines is 2. The van der Waals surface area contributed by atoms with E-state index >= 15 is 13.2 Å². The Labute approximate surface area is 386 Å². The van der Waals surface area contributed by atoms with Crippen LogP contribution in [0.15, 0.2) is 95.7 Å². The molecule has 1 aliphatic carbocycles. The van der Waals surface area contributed by atoms with Crippen LogP contribution in [0.3, 0.4) is 0 Å². The molecule has 2 fully saturated rings. The molecule has 5 aromatic rings. The molecule has 12 nitrogen and oxygen atoms in total. The number of carboxylic acids is 1. The van der Waals surface area contributed by atoms with Gasteiger partial charge < -0.3 is 25.0 Å². The monoisotopic (exact) mass is 924 g/mol. The molecule has 0 saturated carbocycles. The molecule has 2 N–H and O–H groups in total. The smallest absolute Gasteiger partial charge is 0.407 e. The number of nitrogens with one attached hydrogen (secondary N) is 1. The van der Waals surface area contributed by atoms with Crippen LogP contribution in [0, 0.1) is 17.5 Å². The number of rotatable bonds is 7. The second-order valence-corrected chi connectivity index (χ2v) is 23.3. The van der Waals surface area contributed by atoms with Crippen LogP contribution in [0.4, 0.5) is 29.3 Å². The summed E-state index contributed by atoms with van der Waals surface area (Å²) in [5.74, 6) is -6.98. The average molecular weight is 925 g/mol. The molecule has 10 rings (SSSR count). The van der Waals surface area contributed by atoms with Crippen molar-refractivity contribution in [3.05, 3.63) is 135 Å². The number of fused-ring (bicyclic) bond motifs is 7. The van der Waals surface area contributed by atoms with Crippen LogP contribution < -0.4 is 20.3 Å². The van der Waals surface area contributed by atoms with Crippen molar-refractivity contribution >= 4 is 53.9 Å². The number of amides is 2. The SMILES string of the molecule is CC(C)(C)OC(=O)NCCC(=O)N1Cc2ccccc2-c2c(nnn2-c2c(F)c(F)c(C(=O)O)c(C3=C4C=CC(=[N+]5CCC5)C=C4[Si](C)(C)c4cc(N5CCC5)ccc43)c2F)-c2ccccc21. The van der Waals surface area contributed by atoms with Crippen molar-refractivity contribution in [1.82, 2.24) is 20.3 Å². The molecule has 2 amide bonds. The summed E-state index contributed by atoms with van der Waals surface area (Å²) in [6.07, 6.45) is 7.26. The van der Waals surface area contributed by atoms with E-state index in [1.54, 1.807) is 74.2 Å². The third-order valence-corrected chi connectivity index (χ3v) is 16.9. The zero-order chi connectivity index (χ0) is 47.1. The molecule has 4 aliphatic heterocycles. The Bertz CT molecular complexity index is 3100. The first-order valence-electron chi connectivity index (χ1n) is 22.5. The van der Waals surface area contributed by atoms with Crippen molar-refractivity contribution in [1.29, 1.82) is 0 Å². The maximum atomic E-state index is 18.4. The van der Waals surface area contributed by atoms with Crippen molar-refractivity contribution in [2.24, 2.45) is 0 Å². The lowest BCUT2D eigenvalue weighted by Crippen LogP contribution is -2.50. The zero-order valence-electron chi connectivity index (χ0n) is 37.8. The van der Waals surface area contributed by atoms with Crippen molar-refractivity contribution < 1.29 is 42.0 Å². The minimum absolute atomic E-state index is 0.00436. The van der Waals surface area contributed by atoms with Crippen LogP contribution in [0.2, 0.25) is 13.1 Å². The number of halogens is 3. The van der Waals surface area contributed by atoms with Crippen molar-refractivity contribution in [3.63, 3.8) is 0 Å². The van der Waals surface area contributed by atoms with E-state index in [2.05, 4.69) is 50.3 Å². The van der Waals surface area contributed by atoms with Gasteiger partial charge >= 0.3 is 12.1 Å². The second-order valence-electron chi connectivity index (χ2n) is 19.0. The lowest BCUT2D eigenvalue weighted by atomic mass is 9.86. The van der Waals surface area contributed by atoms with Gasteiger partial charge in [0, 0.05) is 60.6 Å². The number of para-hydroxylation sites is 1. The first-order chi connectivity index (χ1) is 32.0. The fourth-order valence-electron chi connectivity index (χ4n) is 9.76. The number of carbonyl (C=O) groups is 3. The number of ether oxygens (including phenoxy) is 1. The van der Waals surface area contributed by atoms with Gasteiger partial charge in [-0.2, -0.15) is 0 Å². The largest absolute Gasteiger partial charge is 0.478 e. The number of alkyl carbamates (subject to hydrolysis) is 1. The van der Waals surface area contributed by atoms with Crippen molar-refractivity contribution in [2.45, 2.75) is 65.3 Å². The Balaban J connectivity index is 1.17. The highest BCUT2D eigenvalue weighted by Crippen LogP contribution is 2.47. The summed E-state index contributed by atoms with van der Waals surface area (Å²) in [5, 5.41) is 24.1. The van der Waals surface area contributed by atoms with Crippen LogP contribution >= 0.6 is 0 Å². The fraction of sp³-hybridized carbons (Fsp3) is 0.294. The standard InChI is InChI=1S/C51H48F3N7O5Si/c1-51(2,3)66-50(65)55-21-20-39(62)60-28-29-12-6-7-13-32(29)47-46(33-14-8-9-15-36(33)60)56-57-61(47)48-44(53)41(42(49(63)64)43(52)45(48)54)40-34-18-16-30(58-22-10-23-58)26-37(34)67(4,5)38-27-31(17-19-35(38)40)59-24-11-25-59/h6-9,12-19,26-27H,10-11,20-25,28H2,1-5H3,(H-,55,63,64,65)/p+1. The Kier molecular flexibility index (Phi) is 10.7. The van der Waals surface area contributed by atoms with E-state index in [1.165, 1.54) is 0 Å². The molecule has 0 atom stereocenters. The summed E-state index contributed by atoms with van der Waals surface area (Å²) in [6.45, 7) is 13.2.